The number of hydrogen-bond donors (Lipinski definition) is 0. The van der Waals surface area contributed by atoms with Crippen molar-refractivity contribution in [1.82, 2.24) is 0 Å². The SMILES string of the molecule is CC(C)C(C)c1ccccc1.CC(c1ccccc1)c1ccccc1.CCC(C)c1ccccc1.CCCCC(C)(C)CC. The Kier molecular flexibility index (Phi) is 19.8. The Balaban J connectivity index is 0.000000298. The van der Waals surface area contributed by atoms with Gasteiger partial charge in [-0.1, -0.05) is 210 Å². The Morgan fingerprint density at radius 3 is 1.18 bits per heavy atom. The van der Waals surface area contributed by atoms with Crippen molar-refractivity contribution < 1.29 is 0 Å². The van der Waals surface area contributed by atoms with Crippen molar-refractivity contribution in [1.29, 1.82) is 0 Å². The molecule has 4 rings (SSSR count). The Morgan fingerprint density at radius 2 is 0.864 bits per heavy atom. The van der Waals surface area contributed by atoms with Gasteiger partial charge in [0.15, 0.2) is 0 Å². The van der Waals surface area contributed by atoms with Gasteiger partial charge in [0.25, 0.3) is 0 Å². The highest BCUT2D eigenvalue weighted by Gasteiger charge is 2.13. The Hall–Kier alpha value is -3.12. The molecule has 0 radical (unpaired) electrons. The summed E-state index contributed by atoms with van der Waals surface area (Å²) in [4.78, 5) is 0. The summed E-state index contributed by atoms with van der Waals surface area (Å²) in [5, 5.41) is 0. The summed E-state index contributed by atoms with van der Waals surface area (Å²) in [6.45, 7) is 22.7. The molecule has 4 aromatic carbocycles. The topological polar surface area (TPSA) is 0 Å². The van der Waals surface area contributed by atoms with Gasteiger partial charge in [0, 0.05) is 5.92 Å². The predicted octanol–water partition coefficient (Wildman–Crippen LogP) is 14.1. The molecule has 0 amide bonds. The van der Waals surface area contributed by atoms with Crippen LogP contribution in [0.4, 0.5) is 0 Å². The first kappa shape index (κ1) is 38.9. The van der Waals surface area contributed by atoms with Crippen molar-refractivity contribution in [2.24, 2.45) is 11.3 Å². The zero-order valence-corrected chi connectivity index (χ0v) is 29.9. The molecule has 0 heteroatoms. The van der Waals surface area contributed by atoms with Gasteiger partial charge in [0.2, 0.25) is 0 Å². The summed E-state index contributed by atoms with van der Waals surface area (Å²) in [6, 6.07) is 42.5. The van der Waals surface area contributed by atoms with Gasteiger partial charge < -0.3 is 0 Å². The number of benzene rings is 4. The zero-order valence-electron chi connectivity index (χ0n) is 29.9. The lowest BCUT2D eigenvalue weighted by molar-refractivity contribution is 0.311. The second kappa shape index (κ2) is 22.4. The number of unbranched alkanes of at least 4 members (excludes halogenated alkanes) is 1. The molecule has 0 spiro atoms. The monoisotopic (exact) mass is 593 g/mol. The molecule has 0 aliphatic carbocycles. The third-order valence-electron chi connectivity index (χ3n) is 9.07. The maximum atomic E-state index is 2.35. The van der Waals surface area contributed by atoms with Gasteiger partial charge in [-0.25, -0.2) is 0 Å². The van der Waals surface area contributed by atoms with Crippen LogP contribution in [0.15, 0.2) is 121 Å². The molecule has 0 N–H and O–H groups in total. The Morgan fingerprint density at radius 1 is 0.500 bits per heavy atom. The van der Waals surface area contributed by atoms with Gasteiger partial charge in [0.1, 0.15) is 0 Å². The minimum absolute atomic E-state index is 0.484. The summed E-state index contributed by atoms with van der Waals surface area (Å²) in [5.41, 5.74) is 6.24. The fraction of sp³-hybridized carbons (Fsp3) is 0.455. The number of hydrogen-bond acceptors (Lipinski definition) is 0. The van der Waals surface area contributed by atoms with Crippen LogP contribution < -0.4 is 0 Å². The fourth-order valence-electron chi connectivity index (χ4n) is 4.67. The highest BCUT2D eigenvalue weighted by Crippen LogP contribution is 2.26. The summed E-state index contributed by atoms with van der Waals surface area (Å²) < 4.78 is 0. The predicted molar refractivity (Wildman–Crippen MR) is 199 cm³/mol. The van der Waals surface area contributed by atoms with E-state index >= 15 is 0 Å². The van der Waals surface area contributed by atoms with Gasteiger partial charge in [0.05, 0.1) is 0 Å². The quantitative estimate of drug-likeness (QED) is 0.172. The van der Waals surface area contributed by atoms with E-state index in [1.807, 2.05) is 0 Å². The highest BCUT2D eigenvalue weighted by atomic mass is 14.2. The molecule has 0 heterocycles. The largest absolute Gasteiger partial charge is 0.0654 e. The van der Waals surface area contributed by atoms with E-state index in [-0.39, 0.29) is 0 Å². The van der Waals surface area contributed by atoms with Gasteiger partial charge in [-0.15, -0.1) is 0 Å². The van der Waals surface area contributed by atoms with Crippen molar-refractivity contribution in [2.75, 3.05) is 0 Å². The maximum absolute atomic E-state index is 2.35. The lowest BCUT2D eigenvalue weighted by atomic mass is 9.85. The average molecular weight is 593 g/mol. The molecule has 0 aromatic heterocycles. The molecule has 0 fully saturated rings. The highest BCUT2D eigenvalue weighted by molar-refractivity contribution is 5.31. The van der Waals surface area contributed by atoms with Crippen LogP contribution >= 0.6 is 0 Å². The standard InChI is InChI=1S/C14H14.C11H16.C10H14.C9H20/c1-12(13-8-4-2-5-9-13)14-10-6-3-7-11-14;1-9(2)10(3)11-7-5-4-6-8-11;1-3-9(2)10-7-5-4-6-8-10;1-5-7-8-9(3,4)6-2/h2-12H,1H3;4-10H,1-3H3;4-9H,3H2,1-2H3;5-8H2,1-4H3. The van der Waals surface area contributed by atoms with Crippen LogP contribution in [0.5, 0.6) is 0 Å². The summed E-state index contributed by atoms with van der Waals surface area (Å²) in [6.07, 6.45) is 6.65. The molecule has 0 nitrogen and oxygen atoms in total. The summed E-state index contributed by atoms with van der Waals surface area (Å²) in [5.74, 6) is 2.60. The normalized spacial score (nSPS) is 12.1. The molecule has 2 atom stereocenters. The van der Waals surface area contributed by atoms with Crippen molar-refractivity contribution in [3.8, 4) is 0 Å². The van der Waals surface area contributed by atoms with Gasteiger partial charge in [-0.05, 0) is 58.3 Å². The Labute approximate surface area is 273 Å². The van der Waals surface area contributed by atoms with Crippen LogP contribution in [0.3, 0.4) is 0 Å². The van der Waals surface area contributed by atoms with E-state index in [2.05, 4.69) is 191 Å². The molecular formula is C44H64. The second-order valence-electron chi connectivity index (χ2n) is 13.3. The third-order valence-corrected chi connectivity index (χ3v) is 9.07. The van der Waals surface area contributed by atoms with E-state index < -0.39 is 0 Å². The molecule has 0 aliphatic heterocycles. The van der Waals surface area contributed by atoms with E-state index in [4.69, 9.17) is 0 Å². The minimum atomic E-state index is 0.484. The van der Waals surface area contributed by atoms with E-state index in [0.717, 1.165) is 5.92 Å². The third kappa shape index (κ3) is 16.1. The van der Waals surface area contributed by atoms with Gasteiger partial charge in [-0.2, -0.15) is 0 Å². The number of rotatable bonds is 10. The molecule has 4 aromatic rings. The molecule has 44 heavy (non-hydrogen) atoms. The van der Waals surface area contributed by atoms with E-state index in [1.54, 1.807) is 0 Å². The van der Waals surface area contributed by atoms with E-state index in [1.165, 1.54) is 54.4 Å². The van der Waals surface area contributed by atoms with E-state index in [9.17, 15) is 0 Å². The van der Waals surface area contributed by atoms with Crippen molar-refractivity contribution in [3.05, 3.63) is 144 Å². The van der Waals surface area contributed by atoms with Crippen LogP contribution in [0.25, 0.3) is 0 Å². The molecule has 2 unspecified atom stereocenters. The summed E-state index contributed by atoms with van der Waals surface area (Å²) in [7, 11) is 0. The van der Waals surface area contributed by atoms with Crippen molar-refractivity contribution in [3.63, 3.8) is 0 Å². The lowest BCUT2D eigenvalue weighted by Crippen LogP contribution is -2.08. The van der Waals surface area contributed by atoms with Crippen LogP contribution in [0, 0.1) is 11.3 Å². The van der Waals surface area contributed by atoms with Crippen LogP contribution in [0.1, 0.15) is 141 Å². The van der Waals surface area contributed by atoms with Crippen molar-refractivity contribution in [2.45, 2.75) is 119 Å². The maximum Gasteiger partial charge on any atom is 0.00610 e. The molecular weight excluding hydrogens is 528 g/mol. The van der Waals surface area contributed by atoms with Crippen LogP contribution in [-0.4, -0.2) is 0 Å². The first-order valence-corrected chi connectivity index (χ1v) is 17.3. The summed E-state index contributed by atoms with van der Waals surface area (Å²) >= 11 is 0. The molecule has 0 saturated heterocycles. The minimum Gasteiger partial charge on any atom is -0.0654 e. The first-order chi connectivity index (χ1) is 21.1. The first-order valence-electron chi connectivity index (χ1n) is 17.3. The zero-order chi connectivity index (χ0) is 32.8. The van der Waals surface area contributed by atoms with Gasteiger partial charge >= 0.3 is 0 Å². The van der Waals surface area contributed by atoms with Gasteiger partial charge in [-0.3, -0.25) is 0 Å². The van der Waals surface area contributed by atoms with Crippen LogP contribution in [-0.2, 0) is 0 Å². The average Bonchev–Trinajstić information content (AvgIpc) is 3.08. The van der Waals surface area contributed by atoms with Crippen LogP contribution in [0.2, 0.25) is 0 Å². The molecule has 240 valence electrons. The van der Waals surface area contributed by atoms with Crippen molar-refractivity contribution >= 4 is 0 Å². The lowest BCUT2D eigenvalue weighted by Gasteiger charge is -2.21. The molecule has 0 aliphatic rings. The Bertz CT molecular complexity index is 1140. The smallest absolute Gasteiger partial charge is 0.00610 e. The van der Waals surface area contributed by atoms with E-state index in [0.29, 0.717) is 23.2 Å². The fourth-order valence-corrected chi connectivity index (χ4v) is 4.67. The molecule has 0 bridgehead atoms. The second-order valence-corrected chi connectivity index (χ2v) is 13.3. The molecule has 0 saturated carbocycles.